The third-order valence-electron chi connectivity index (χ3n) is 2.96. The van der Waals surface area contributed by atoms with Crippen LogP contribution in [0.25, 0.3) is 11.0 Å². The predicted molar refractivity (Wildman–Crippen MR) is 63.6 cm³/mol. The van der Waals surface area contributed by atoms with Crippen molar-refractivity contribution in [1.29, 1.82) is 0 Å². The number of aromatic nitrogens is 3. The van der Waals surface area contributed by atoms with Gasteiger partial charge in [0.05, 0.1) is 5.39 Å². The van der Waals surface area contributed by atoms with E-state index in [1.807, 2.05) is 6.07 Å². The molecule has 1 fully saturated rings. The van der Waals surface area contributed by atoms with Gasteiger partial charge in [0.1, 0.15) is 0 Å². The third kappa shape index (κ3) is 1.63. The highest BCUT2D eigenvalue weighted by Gasteiger charge is 2.15. The van der Waals surface area contributed by atoms with Gasteiger partial charge in [0.15, 0.2) is 11.5 Å². The van der Waals surface area contributed by atoms with E-state index in [4.69, 9.17) is 0 Å². The van der Waals surface area contributed by atoms with E-state index in [1.54, 1.807) is 6.20 Å². The van der Waals surface area contributed by atoms with E-state index in [1.165, 1.54) is 0 Å². The first kappa shape index (κ1) is 9.59. The maximum absolute atomic E-state index is 4.37. The number of nitrogens with zero attached hydrogens (tertiary/aromatic N) is 3. The first-order valence-electron chi connectivity index (χ1n) is 5.70. The lowest BCUT2D eigenvalue weighted by atomic mass is 10.3. The monoisotopic (exact) mass is 217 g/mol. The van der Waals surface area contributed by atoms with Crippen molar-refractivity contribution in [3.05, 3.63) is 18.3 Å². The van der Waals surface area contributed by atoms with Gasteiger partial charge in [-0.05, 0) is 25.1 Å². The minimum atomic E-state index is 0.870. The smallest absolute Gasteiger partial charge is 0.160 e. The zero-order chi connectivity index (χ0) is 10.8. The highest BCUT2D eigenvalue weighted by atomic mass is 15.3. The van der Waals surface area contributed by atoms with Crippen LogP contribution in [-0.2, 0) is 0 Å². The van der Waals surface area contributed by atoms with E-state index in [9.17, 15) is 0 Å². The predicted octanol–water partition coefficient (Wildman–Crippen LogP) is 0.758. The maximum Gasteiger partial charge on any atom is 0.160 e. The fourth-order valence-corrected chi connectivity index (χ4v) is 2.14. The molecule has 3 heterocycles. The van der Waals surface area contributed by atoms with Crippen molar-refractivity contribution in [2.75, 3.05) is 31.1 Å². The van der Waals surface area contributed by atoms with Crippen LogP contribution in [0.4, 0.5) is 5.82 Å². The Morgan fingerprint density at radius 2 is 2.25 bits per heavy atom. The topological polar surface area (TPSA) is 56.8 Å². The fraction of sp³-hybridized carbons (Fsp3) is 0.455. The second kappa shape index (κ2) is 4.09. The summed E-state index contributed by atoms with van der Waals surface area (Å²) in [6.07, 6.45) is 2.95. The molecule has 0 radical (unpaired) electrons. The average molecular weight is 217 g/mol. The van der Waals surface area contributed by atoms with Crippen LogP contribution in [0, 0.1) is 0 Å². The SMILES string of the molecule is c1cnc2[nH]nc(N3CCCNCC3)c2c1. The Morgan fingerprint density at radius 3 is 3.25 bits per heavy atom. The summed E-state index contributed by atoms with van der Waals surface area (Å²) in [7, 11) is 0. The van der Waals surface area contributed by atoms with Gasteiger partial charge in [0, 0.05) is 25.8 Å². The van der Waals surface area contributed by atoms with E-state index < -0.39 is 0 Å². The van der Waals surface area contributed by atoms with Crippen molar-refractivity contribution < 1.29 is 0 Å². The van der Waals surface area contributed by atoms with Crippen molar-refractivity contribution in [2.45, 2.75) is 6.42 Å². The van der Waals surface area contributed by atoms with Gasteiger partial charge in [-0.2, -0.15) is 5.10 Å². The highest BCUT2D eigenvalue weighted by Crippen LogP contribution is 2.22. The summed E-state index contributed by atoms with van der Waals surface area (Å²) < 4.78 is 0. The molecule has 2 N–H and O–H groups in total. The first-order chi connectivity index (χ1) is 7.95. The lowest BCUT2D eigenvalue weighted by Crippen LogP contribution is -2.28. The molecule has 0 bridgehead atoms. The van der Waals surface area contributed by atoms with E-state index >= 15 is 0 Å². The summed E-state index contributed by atoms with van der Waals surface area (Å²) in [5.74, 6) is 1.03. The fourth-order valence-electron chi connectivity index (χ4n) is 2.14. The molecule has 2 aromatic heterocycles. The van der Waals surface area contributed by atoms with Crippen LogP contribution in [-0.4, -0.2) is 41.4 Å². The average Bonchev–Trinajstić information content (AvgIpc) is 2.57. The largest absolute Gasteiger partial charge is 0.353 e. The second-order valence-electron chi connectivity index (χ2n) is 4.04. The molecule has 16 heavy (non-hydrogen) atoms. The summed E-state index contributed by atoms with van der Waals surface area (Å²) in [6.45, 7) is 4.18. The summed E-state index contributed by atoms with van der Waals surface area (Å²) in [5, 5.41) is 11.9. The number of fused-ring (bicyclic) bond motifs is 1. The van der Waals surface area contributed by atoms with Crippen molar-refractivity contribution in [3.63, 3.8) is 0 Å². The van der Waals surface area contributed by atoms with Gasteiger partial charge < -0.3 is 10.2 Å². The molecule has 5 nitrogen and oxygen atoms in total. The van der Waals surface area contributed by atoms with Gasteiger partial charge in [-0.3, -0.25) is 5.10 Å². The normalized spacial score (nSPS) is 17.6. The molecule has 1 aliphatic heterocycles. The van der Waals surface area contributed by atoms with Gasteiger partial charge in [0.25, 0.3) is 0 Å². The number of anilines is 1. The van der Waals surface area contributed by atoms with Crippen LogP contribution < -0.4 is 10.2 Å². The molecule has 2 aromatic rings. The first-order valence-corrected chi connectivity index (χ1v) is 5.70. The minimum absolute atomic E-state index is 0.870. The Kier molecular flexibility index (Phi) is 2.46. The molecule has 1 aliphatic rings. The second-order valence-corrected chi connectivity index (χ2v) is 4.04. The van der Waals surface area contributed by atoms with Crippen molar-refractivity contribution in [3.8, 4) is 0 Å². The van der Waals surface area contributed by atoms with Gasteiger partial charge in [0.2, 0.25) is 0 Å². The number of aromatic amines is 1. The number of nitrogens with one attached hydrogen (secondary N) is 2. The molecule has 84 valence electrons. The van der Waals surface area contributed by atoms with Gasteiger partial charge >= 0.3 is 0 Å². The maximum atomic E-state index is 4.37. The van der Waals surface area contributed by atoms with Gasteiger partial charge in [-0.15, -0.1) is 0 Å². The van der Waals surface area contributed by atoms with E-state index in [2.05, 4.69) is 31.5 Å². The Labute approximate surface area is 93.9 Å². The Hall–Kier alpha value is -1.62. The lowest BCUT2D eigenvalue weighted by molar-refractivity contribution is 0.724. The number of hydrogen-bond donors (Lipinski definition) is 2. The van der Waals surface area contributed by atoms with Crippen molar-refractivity contribution >= 4 is 16.9 Å². The molecule has 3 rings (SSSR count). The van der Waals surface area contributed by atoms with Crippen LogP contribution in [0.1, 0.15) is 6.42 Å². The van der Waals surface area contributed by atoms with E-state index in [-0.39, 0.29) is 0 Å². The number of pyridine rings is 1. The zero-order valence-corrected chi connectivity index (χ0v) is 9.11. The molecule has 0 amide bonds. The molecule has 0 atom stereocenters. The van der Waals surface area contributed by atoms with Crippen LogP contribution >= 0.6 is 0 Å². The summed E-state index contributed by atoms with van der Waals surface area (Å²) in [5.41, 5.74) is 0.870. The zero-order valence-electron chi connectivity index (χ0n) is 9.11. The molecular weight excluding hydrogens is 202 g/mol. The number of hydrogen-bond acceptors (Lipinski definition) is 4. The molecule has 0 saturated carbocycles. The van der Waals surface area contributed by atoms with Crippen molar-refractivity contribution in [1.82, 2.24) is 20.5 Å². The van der Waals surface area contributed by atoms with Gasteiger partial charge in [-0.1, -0.05) is 0 Å². The molecule has 0 unspecified atom stereocenters. The van der Waals surface area contributed by atoms with E-state index in [0.717, 1.165) is 49.5 Å². The van der Waals surface area contributed by atoms with Crippen LogP contribution in [0.5, 0.6) is 0 Å². The molecule has 0 aromatic carbocycles. The van der Waals surface area contributed by atoms with Gasteiger partial charge in [-0.25, -0.2) is 4.98 Å². The Balaban J connectivity index is 1.97. The molecular formula is C11H15N5. The van der Waals surface area contributed by atoms with Crippen LogP contribution in [0.15, 0.2) is 18.3 Å². The lowest BCUT2D eigenvalue weighted by Gasteiger charge is -2.19. The number of rotatable bonds is 1. The Bertz CT molecular complexity index is 470. The standard InChI is InChI=1S/C11H15N5/c1-3-9-10(13-5-1)14-15-11(9)16-7-2-4-12-6-8-16/h1,3,5,12H,2,4,6-8H2,(H,13,14,15). The summed E-state index contributed by atoms with van der Waals surface area (Å²) in [6, 6.07) is 4.02. The van der Waals surface area contributed by atoms with Crippen molar-refractivity contribution in [2.24, 2.45) is 0 Å². The van der Waals surface area contributed by atoms with Crippen LogP contribution in [0.3, 0.4) is 0 Å². The summed E-state index contributed by atoms with van der Waals surface area (Å²) in [4.78, 5) is 6.58. The Morgan fingerprint density at radius 1 is 1.25 bits per heavy atom. The molecule has 0 spiro atoms. The molecule has 0 aliphatic carbocycles. The third-order valence-corrected chi connectivity index (χ3v) is 2.96. The highest BCUT2D eigenvalue weighted by molar-refractivity contribution is 5.87. The minimum Gasteiger partial charge on any atom is -0.353 e. The summed E-state index contributed by atoms with van der Waals surface area (Å²) >= 11 is 0. The molecule has 5 heteroatoms. The van der Waals surface area contributed by atoms with Crippen LogP contribution in [0.2, 0.25) is 0 Å². The number of H-pyrrole nitrogens is 1. The molecule has 1 saturated heterocycles. The quantitative estimate of drug-likeness (QED) is 0.740. The van der Waals surface area contributed by atoms with E-state index in [0.29, 0.717) is 0 Å².